The number of allylic oxidation sites excluding steroid dienone is 4. The molecule has 0 aliphatic rings. The fraction of sp³-hybridized carbons (Fsp3) is 0.310. The second kappa shape index (κ2) is 14.5. The summed E-state index contributed by atoms with van der Waals surface area (Å²) in [5, 5.41) is 15.9. The van der Waals surface area contributed by atoms with E-state index in [2.05, 4.69) is 17.2 Å². The molecule has 3 N–H and O–H groups in total. The highest BCUT2D eigenvalue weighted by Gasteiger charge is 2.20. The largest absolute Gasteiger partial charge is 0.506 e. The topological polar surface area (TPSA) is 87.7 Å². The second-order valence-corrected chi connectivity index (χ2v) is 7.88. The number of carbonyl (C=O) groups excluding carboxylic acids is 2. The van der Waals surface area contributed by atoms with Gasteiger partial charge < -0.3 is 20.5 Å². The lowest BCUT2D eigenvalue weighted by Crippen LogP contribution is -2.23. The molecule has 2 aromatic carbocycles. The van der Waals surface area contributed by atoms with Crippen molar-refractivity contribution < 1.29 is 19.4 Å². The van der Waals surface area contributed by atoms with Crippen molar-refractivity contribution in [1.82, 2.24) is 0 Å². The van der Waals surface area contributed by atoms with E-state index in [1.165, 1.54) is 13.0 Å². The molecule has 0 aliphatic carbocycles. The van der Waals surface area contributed by atoms with Crippen molar-refractivity contribution in [3.63, 3.8) is 0 Å². The molecule has 2 aromatic rings. The lowest BCUT2D eigenvalue weighted by molar-refractivity contribution is -0.119. The van der Waals surface area contributed by atoms with E-state index in [-0.39, 0.29) is 29.2 Å². The molecule has 0 aromatic heterocycles. The molecule has 1 atom stereocenters. The Hall–Kier alpha value is -3.80. The number of anilines is 2. The number of phenols is 1. The third-order valence-corrected chi connectivity index (χ3v) is 5.11. The summed E-state index contributed by atoms with van der Waals surface area (Å²) in [7, 11) is 0. The highest BCUT2D eigenvalue weighted by molar-refractivity contribution is 5.95. The van der Waals surface area contributed by atoms with Gasteiger partial charge >= 0.3 is 0 Å². The van der Waals surface area contributed by atoms with Gasteiger partial charge in [-0.05, 0) is 62.6 Å². The number of ether oxygens (including phenoxy) is 1. The first kappa shape index (κ1) is 29.2. The van der Waals surface area contributed by atoms with Gasteiger partial charge in [0.05, 0.1) is 11.6 Å². The van der Waals surface area contributed by atoms with Crippen LogP contribution in [0.2, 0.25) is 0 Å². The number of phenolic OH excluding ortho intramolecular Hbond substituents is 1. The Morgan fingerprint density at radius 1 is 1.06 bits per heavy atom. The van der Waals surface area contributed by atoms with E-state index in [1.54, 1.807) is 24.3 Å². The molecule has 0 bridgehead atoms. The van der Waals surface area contributed by atoms with E-state index < -0.39 is 0 Å². The molecule has 0 heterocycles. The van der Waals surface area contributed by atoms with Crippen molar-refractivity contribution in [2.75, 3.05) is 10.6 Å². The molecule has 0 saturated carbocycles. The Morgan fingerprint density at radius 2 is 1.69 bits per heavy atom. The smallest absolute Gasteiger partial charge is 0.231 e. The standard InChI is InChI=1S/C27H32N2O4.C2H6/c1-7-9-10-11-17(3)23(8-2)27(32)29-24-16-22(12-13-25(24)31)33-26-18(4)14-21(15-19(26)5)28-20(6)30;1-2/h7,9-16,23,31H,1,8H2,2-6H3,(H,28,30)(H,29,32);1-2H3/b10-9-,17-11+;. The number of hydrogen-bond acceptors (Lipinski definition) is 4. The minimum absolute atomic E-state index is 0.0480. The number of nitrogens with one attached hydrogen (secondary N) is 2. The maximum absolute atomic E-state index is 12.9. The Kier molecular flexibility index (Phi) is 12.1. The highest BCUT2D eigenvalue weighted by Crippen LogP contribution is 2.35. The average Bonchev–Trinajstić information content (AvgIpc) is 2.80. The SMILES string of the molecule is C=C/C=C\C=C(/C)C(CC)C(=O)Nc1cc(Oc2c(C)cc(NC(C)=O)cc2C)ccc1O.CC. The normalized spacial score (nSPS) is 11.8. The molecule has 1 unspecified atom stereocenters. The Labute approximate surface area is 209 Å². The maximum atomic E-state index is 12.9. The molecule has 188 valence electrons. The van der Waals surface area contributed by atoms with Crippen LogP contribution in [0.5, 0.6) is 17.2 Å². The van der Waals surface area contributed by atoms with E-state index in [9.17, 15) is 14.7 Å². The van der Waals surface area contributed by atoms with Gasteiger partial charge in [0.2, 0.25) is 11.8 Å². The van der Waals surface area contributed by atoms with E-state index >= 15 is 0 Å². The summed E-state index contributed by atoms with van der Waals surface area (Å²) in [6, 6.07) is 8.37. The first-order chi connectivity index (χ1) is 16.7. The zero-order valence-electron chi connectivity index (χ0n) is 21.9. The van der Waals surface area contributed by atoms with Crippen molar-refractivity contribution in [2.24, 2.45) is 5.92 Å². The van der Waals surface area contributed by atoms with Crippen LogP contribution in [0, 0.1) is 19.8 Å². The zero-order chi connectivity index (χ0) is 26.5. The quantitative estimate of drug-likeness (QED) is 0.258. The molecule has 0 saturated heterocycles. The maximum Gasteiger partial charge on any atom is 0.231 e. The van der Waals surface area contributed by atoms with E-state index in [0.717, 1.165) is 16.7 Å². The highest BCUT2D eigenvalue weighted by atomic mass is 16.5. The lowest BCUT2D eigenvalue weighted by Gasteiger charge is -2.18. The van der Waals surface area contributed by atoms with Crippen LogP contribution >= 0.6 is 0 Å². The van der Waals surface area contributed by atoms with Gasteiger partial charge in [-0.25, -0.2) is 0 Å². The van der Waals surface area contributed by atoms with E-state index in [1.807, 2.05) is 65.8 Å². The third kappa shape index (κ3) is 8.81. The molecular formula is C29H38N2O4. The Morgan fingerprint density at radius 3 is 2.23 bits per heavy atom. The average molecular weight is 479 g/mol. The number of hydrogen-bond donors (Lipinski definition) is 3. The summed E-state index contributed by atoms with van der Waals surface area (Å²) in [6.07, 6.45) is 7.81. The van der Waals surface area contributed by atoms with Crippen LogP contribution in [0.15, 0.2) is 66.8 Å². The van der Waals surface area contributed by atoms with Gasteiger partial charge in [0.1, 0.15) is 17.2 Å². The van der Waals surface area contributed by atoms with Gasteiger partial charge in [0.15, 0.2) is 0 Å². The molecule has 6 heteroatoms. The molecule has 35 heavy (non-hydrogen) atoms. The molecule has 6 nitrogen and oxygen atoms in total. The lowest BCUT2D eigenvalue weighted by atomic mass is 9.96. The molecule has 0 aliphatic heterocycles. The predicted molar refractivity (Wildman–Crippen MR) is 145 cm³/mol. The van der Waals surface area contributed by atoms with Crippen LogP contribution in [0.25, 0.3) is 0 Å². The van der Waals surface area contributed by atoms with Gasteiger partial charge in [-0.3, -0.25) is 9.59 Å². The Bertz CT molecular complexity index is 1080. The number of rotatable bonds is 9. The van der Waals surface area contributed by atoms with Crippen molar-refractivity contribution in [3.05, 3.63) is 77.9 Å². The van der Waals surface area contributed by atoms with Crippen LogP contribution in [0.1, 0.15) is 52.2 Å². The fourth-order valence-corrected chi connectivity index (χ4v) is 3.52. The summed E-state index contributed by atoms with van der Waals surface area (Å²) < 4.78 is 6.07. The summed E-state index contributed by atoms with van der Waals surface area (Å²) in [5.74, 6) is 0.371. The van der Waals surface area contributed by atoms with Crippen molar-refractivity contribution in [2.45, 2.75) is 54.9 Å². The van der Waals surface area contributed by atoms with Gasteiger partial charge in [-0.1, -0.05) is 57.2 Å². The van der Waals surface area contributed by atoms with Crippen LogP contribution in [0.3, 0.4) is 0 Å². The van der Waals surface area contributed by atoms with Gasteiger partial charge in [0.25, 0.3) is 0 Å². The van der Waals surface area contributed by atoms with Crippen LogP contribution < -0.4 is 15.4 Å². The Balaban J connectivity index is 0.00000298. The third-order valence-electron chi connectivity index (χ3n) is 5.11. The number of aromatic hydroxyl groups is 1. The van der Waals surface area contributed by atoms with Gasteiger partial charge in [-0.15, -0.1) is 0 Å². The van der Waals surface area contributed by atoms with Gasteiger partial charge in [-0.2, -0.15) is 0 Å². The van der Waals surface area contributed by atoms with Crippen LogP contribution in [-0.2, 0) is 9.59 Å². The van der Waals surface area contributed by atoms with Gasteiger partial charge in [0, 0.05) is 18.7 Å². The molecular weight excluding hydrogens is 440 g/mol. The first-order valence-electron chi connectivity index (χ1n) is 11.8. The van der Waals surface area contributed by atoms with E-state index in [0.29, 0.717) is 23.6 Å². The number of carbonyl (C=O) groups is 2. The van der Waals surface area contributed by atoms with Crippen LogP contribution in [-0.4, -0.2) is 16.9 Å². The summed E-state index contributed by atoms with van der Waals surface area (Å²) in [5.41, 5.74) is 3.56. The number of benzene rings is 2. The second-order valence-electron chi connectivity index (χ2n) is 7.88. The summed E-state index contributed by atoms with van der Waals surface area (Å²) in [6.45, 7) is 16.7. The summed E-state index contributed by atoms with van der Waals surface area (Å²) in [4.78, 5) is 24.2. The minimum Gasteiger partial charge on any atom is -0.506 e. The molecule has 0 fully saturated rings. The van der Waals surface area contributed by atoms with E-state index in [4.69, 9.17) is 4.74 Å². The molecule has 0 spiro atoms. The van der Waals surface area contributed by atoms with Crippen molar-refractivity contribution in [3.8, 4) is 17.2 Å². The fourth-order valence-electron chi connectivity index (χ4n) is 3.52. The molecule has 2 amide bonds. The monoisotopic (exact) mass is 478 g/mol. The van der Waals surface area contributed by atoms with Crippen molar-refractivity contribution >= 4 is 23.2 Å². The molecule has 2 rings (SSSR count). The summed E-state index contributed by atoms with van der Waals surface area (Å²) >= 11 is 0. The molecule has 0 radical (unpaired) electrons. The van der Waals surface area contributed by atoms with Crippen LogP contribution in [0.4, 0.5) is 11.4 Å². The first-order valence-corrected chi connectivity index (χ1v) is 11.8. The zero-order valence-corrected chi connectivity index (χ0v) is 21.9. The minimum atomic E-state index is -0.339. The predicted octanol–water partition coefficient (Wildman–Crippen LogP) is 7.44. The number of aryl methyl sites for hydroxylation is 2. The van der Waals surface area contributed by atoms with Crippen molar-refractivity contribution in [1.29, 1.82) is 0 Å². The number of amides is 2.